The lowest BCUT2D eigenvalue weighted by Crippen LogP contribution is -2.44. The van der Waals surface area contributed by atoms with Crippen LogP contribution in [0.4, 0.5) is 0 Å². The lowest BCUT2D eigenvalue weighted by atomic mass is 9.70. The minimum absolute atomic E-state index is 0.0771. The number of carboxylic acids is 3. The van der Waals surface area contributed by atoms with Crippen LogP contribution in [0.25, 0.3) is 0 Å². The van der Waals surface area contributed by atoms with Crippen LogP contribution in [0.3, 0.4) is 0 Å². The number of carbonyl (C=O) groups is 3. The Morgan fingerprint density at radius 3 is 2.54 bits per heavy atom. The monoisotopic (exact) mass is 425 g/mol. The minimum atomic E-state index is -1.74. The van der Waals surface area contributed by atoms with Gasteiger partial charge in [-0.15, -0.1) is 11.8 Å². The predicted octanol–water partition coefficient (Wildman–Crippen LogP) is 1.68. The highest BCUT2D eigenvalue weighted by Crippen LogP contribution is 2.55. The van der Waals surface area contributed by atoms with Gasteiger partial charge in [0, 0.05) is 22.1 Å². The van der Waals surface area contributed by atoms with Gasteiger partial charge in [0.1, 0.15) is 5.75 Å². The molecule has 11 heteroatoms. The molecule has 0 saturated heterocycles. The van der Waals surface area contributed by atoms with Crippen molar-refractivity contribution in [1.82, 2.24) is 4.98 Å². The van der Waals surface area contributed by atoms with Gasteiger partial charge in [-0.25, -0.2) is 4.79 Å². The number of hydrogen-bond acceptors (Lipinski definition) is 7. The standard InChI is InChI=1S/C17H15NO8S2/c19-10(20)5-17(15(23)24)7-27-14-13(28-16(25)18-14)12(17)8-3-1-2-4-9(8)26-6-11(21)22/h1-4,12H,5-7H2,(H,18,25)(H,19,20)(H,21,22)(H,23,24). The Balaban J connectivity index is 2.23. The van der Waals surface area contributed by atoms with E-state index < -0.39 is 42.3 Å². The van der Waals surface area contributed by atoms with Crippen LogP contribution in [-0.4, -0.2) is 50.6 Å². The topological polar surface area (TPSA) is 154 Å². The molecule has 0 saturated carbocycles. The summed E-state index contributed by atoms with van der Waals surface area (Å²) in [5, 5.41) is 28.8. The maximum Gasteiger partial charge on any atom is 0.341 e. The van der Waals surface area contributed by atoms with E-state index in [0.29, 0.717) is 15.5 Å². The number of carboxylic acid groups (broad SMARTS) is 3. The van der Waals surface area contributed by atoms with Crippen molar-refractivity contribution in [1.29, 1.82) is 0 Å². The van der Waals surface area contributed by atoms with Gasteiger partial charge in [0.15, 0.2) is 6.61 Å². The molecule has 0 radical (unpaired) electrons. The van der Waals surface area contributed by atoms with Crippen molar-refractivity contribution in [3.8, 4) is 5.75 Å². The van der Waals surface area contributed by atoms with E-state index in [1.54, 1.807) is 18.2 Å². The molecule has 0 amide bonds. The van der Waals surface area contributed by atoms with E-state index in [-0.39, 0.29) is 16.4 Å². The van der Waals surface area contributed by atoms with Gasteiger partial charge in [0.2, 0.25) is 0 Å². The van der Waals surface area contributed by atoms with Crippen molar-refractivity contribution in [2.45, 2.75) is 17.4 Å². The van der Waals surface area contributed by atoms with Crippen LogP contribution in [0.2, 0.25) is 0 Å². The number of fused-ring (bicyclic) bond motifs is 1. The van der Waals surface area contributed by atoms with Crippen LogP contribution in [0.15, 0.2) is 34.1 Å². The molecule has 148 valence electrons. The van der Waals surface area contributed by atoms with E-state index in [1.807, 2.05) is 0 Å². The molecule has 0 fully saturated rings. The molecule has 4 N–H and O–H groups in total. The number of rotatable bonds is 7. The summed E-state index contributed by atoms with van der Waals surface area (Å²) < 4.78 is 5.32. The second kappa shape index (κ2) is 7.68. The molecule has 3 rings (SSSR count). The molecular formula is C17H15NO8S2. The molecule has 0 spiro atoms. The first-order valence-corrected chi connectivity index (χ1v) is 9.79. The van der Waals surface area contributed by atoms with Crippen molar-refractivity contribution in [3.05, 3.63) is 44.4 Å². The molecule has 1 aromatic carbocycles. The summed E-state index contributed by atoms with van der Waals surface area (Å²) in [6.45, 7) is -0.645. The zero-order valence-corrected chi connectivity index (χ0v) is 15.8. The summed E-state index contributed by atoms with van der Waals surface area (Å²) in [7, 11) is 0. The Labute approximate surface area is 166 Å². The molecule has 2 heterocycles. The quantitative estimate of drug-likeness (QED) is 0.519. The SMILES string of the molecule is O=C(O)COc1ccccc1C1c2sc(=O)[nH]c2SCC1(CC(=O)O)C(=O)O. The van der Waals surface area contributed by atoms with Gasteiger partial charge in [-0.2, -0.15) is 0 Å². The van der Waals surface area contributed by atoms with Crippen LogP contribution in [0.5, 0.6) is 5.75 Å². The molecule has 2 unspecified atom stereocenters. The van der Waals surface area contributed by atoms with Gasteiger partial charge >= 0.3 is 22.8 Å². The van der Waals surface area contributed by atoms with Crippen LogP contribution in [0, 0.1) is 5.41 Å². The number of H-pyrrole nitrogens is 1. The fourth-order valence-electron chi connectivity index (χ4n) is 3.27. The molecule has 1 aromatic heterocycles. The number of aromatic nitrogens is 1. The smallest absolute Gasteiger partial charge is 0.341 e. The first kappa shape index (κ1) is 20.0. The average Bonchev–Trinajstić information content (AvgIpc) is 2.99. The number of thiazole rings is 1. The van der Waals surface area contributed by atoms with Crippen molar-refractivity contribution in [2.24, 2.45) is 5.41 Å². The van der Waals surface area contributed by atoms with E-state index >= 15 is 0 Å². The van der Waals surface area contributed by atoms with Crippen LogP contribution in [-0.2, 0) is 14.4 Å². The van der Waals surface area contributed by atoms with Gasteiger partial charge < -0.3 is 25.0 Å². The number of thioether (sulfide) groups is 1. The minimum Gasteiger partial charge on any atom is -0.482 e. The van der Waals surface area contributed by atoms with E-state index in [1.165, 1.54) is 6.07 Å². The van der Waals surface area contributed by atoms with E-state index in [4.69, 9.17) is 9.84 Å². The Morgan fingerprint density at radius 1 is 1.18 bits per heavy atom. The van der Waals surface area contributed by atoms with Crippen molar-refractivity contribution < 1.29 is 34.4 Å². The summed E-state index contributed by atoms with van der Waals surface area (Å²) in [6, 6.07) is 6.26. The van der Waals surface area contributed by atoms with Crippen molar-refractivity contribution in [2.75, 3.05) is 12.4 Å². The summed E-state index contributed by atoms with van der Waals surface area (Å²) >= 11 is 1.90. The Hall–Kier alpha value is -2.79. The highest BCUT2D eigenvalue weighted by molar-refractivity contribution is 7.99. The van der Waals surface area contributed by atoms with Gasteiger partial charge in [-0.1, -0.05) is 29.5 Å². The summed E-state index contributed by atoms with van der Waals surface area (Å²) in [5.41, 5.74) is -1.42. The summed E-state index contributed by atoms with van der Waals surface area (Å²) in [5.74, 6) is -4.76. The number of ether oxygens (including phenoxy) is 1. The lowest BCUT2D eigenvalue weighted by Gasteiger charge is -2.39. The second-order valence-electron chi connectivity index (χ2n) is 6.18. The molecule has 1 aliphatic rings. The molecule has 9 nitrogen and oxygen atoms in total. The first-order chi connectivity index (χ1) is 13.2. The Kier molecular flexibility index (Phi) is 5.47. The van der Waals surface area contributed by atoms with Crippen molar-refractivity contribution in [3.63, 3.8) is 0 Å². The summed E-state index contributed by atoms with van der Waals surface area (Å²) in [6.07, 6.45) is -0.668. The average molecular weight is 425 g/mol. The Bertz CT molecular complexity index is 997. The normalized spacial score (nSPS) is 20.9. The van der Waals surface area contributed by atoms with E-state index in [2.05, 4.69) is 4.98 Å². The van der Waals surface area contributed by atoms with Crippen LogP contribution < -0.4 is 9.61 Å². The highest BCUT2D eigenvalue weighted by atomic mass is 32.2. The third kappa shape index (κ3) is 3.62. The van der Waals surface area contributed by atoms with Crippen LogP contribution >= 0.6 is 23.1 Å². The maximum absolute atomic E-state index is 12.3. The molecule has 28 heavy (non-hydrogen) atoms. The number of aromatic amines is 1. The lowest BCUT2D eigenvalue weighted by molar-refractivity contribution is -0.155. The maximum atomic E-state index is 12.3. The molecule has 0 bridgehead atoms. The molecule has 2 aromatic rings. The third-order valence-electron chi connectivity index (χ3n) is 4.40. The number of para-hydroxylation sites is 1. The second-order valence-corrected chi connectivity index (χ2v) is 8.18. The zero-order chi connectivity index (χ0) is 20.5. The fraction of sp³-hybridized carbons (Fsp3) is 0.294. The zero-order valence-electron chi connectivity index (χ0n) is 14.2. The first-order valence-electron chi connectivity index (χ1n) is 7.99. The van der Waals surface area contributed by atoms with E-state index in [0.717, 1.165) is 23.1 Å². The molecule has 2 atom stereocenters. The third-order valence-corrected chi connectivity index (χ3v) is 6.75. The number of benzene rings is 1. The predicted molar refractivity (Wildman–Crippen MR) is 99.4 cm³/mol. The number of nitrogens with one attached hydrogen (secondary N) is 1. The molecule has 0 aliphatic carbocycles. The molecular weight excluding hydrogens is 410 g/mol. The number of aliphatic carboxylic acids is 3. The van der Waals surface area contributed by atoms with Gasteiger partial charge in [-0.05, 0) is 6.07 Å². The number of hydrogen-bond donors (Lipinski definition) is 4. The molecule has 1 aliphatic heterocycles. The van der Waals surface area contributed by atoms with E-state index in [9.17, 15) is 29.4 Å². The fourth-order valence-corrected chi connectivity index (χ4v) is 5.82. The highest BCUT2D eigenvalue weighted by Gasteiger charge is 2.54. The Morgan fingerprint density at radius 2 is 1.89 bits per heavy atom. The van der Waals surface area contributed by atoms with Gasteiger partial charge in [-0.3, -0.25) is 14.4 Å². The van der Waals surface area contributed by atoms with Crippen LogP contribution in [0.1, 0.15) is 22.8 Å². The van der Waals surface area contributed by atoms with Crippen molar-refractivity contribution >= 4 is 41.0 Å². The largest absolute Gasteiger partial charge is 0.482 e. The van der Waals surface area contributed by atoms with Gasteiger partial charge in [0.05, 0.1) is 16.9 Å². The van der Waals surface area contributed by atoms with Gasteiger partial charge in [0.25, 0.3) is 0 Å². The summed E-state index contributed by atoms with van der Waals surface area (Å²) in [4.78, 5) is 49.3.